The van der Waals surface area contributed by atoms with Crippen LogP contribution in [0.15, 0.2) is 41.3 Å². The molecule has 1 fully saturated rings. The minimum absolute atomic E-state index is 0.0589. The molecule has 1 saturated heterocycles. The normalized spacial score (nSPS) is 17.1. The van der Waals surface area contributed by atoms with E-state index in [2.05, 4.69) is 5.32 Å². The van der Waals surface area contributed by atoms with Gasteiger partial charge in [-0.3, -0.25) is 4.79 Å². The van der Waals surface area contributed by atoms with Crippen molar-refractivity contribution in [3.63, 3.8) is 0 Å². The second kappa shape index (κ2) is 9.83. The lowest BCUT2D eigenvalue weighted by Crippen LogP contribution is -2.41. The van der Waals surface area contributed by atoms with Crippen molar-refractivity contribution < 1.29 is 22.7 Å². The van der Waals surface area contributed by atoms with E-state index in [0.29, 0.717) is 17.8 Å². The summed E-state index contributed by atoms with van der Waals surface area (Å²) in [5.41, 5.74) is 3.35. The summed E-state index contributed by atoms with van der Waals surface area (Å²) < 4.78 is 32.9. The first-order valence-electron chi connectivity index (χ1n) is 10.8. The van der Waals surface area contributed by atoms with E-state index in [4.69, 9.17) is 4.74 Å². The summed E-state index contributed by atoms with van der Waals surface area (Å²) in [6.45, 7) is 7.44. The van der Waals surface area contributed by atoms with Gasteiger partial charge in [0.25, 0.3) is 5.91 Å². The van der Waals surface area contributed by atoms with Gasteiger partial charge in [0.2, 0.25) is 10.0 Å². The minimum atomic E-state index is -3.72. The average Bonchev–Trinajstić information content (AvgIpc) is 2.75. The summed E-state index contributed by atoms with van der Waals surface area (Å²) in [4.78, 5) is 25.0. The molecule has 1 N–H and O–H groups in total. The van der Waals surface area contributed by atoms with Crippen LogP contribution in [0.2, 0.25) is 0 Å². The third kappa shape index (κ3) is 5.19. The quantitative estimate of drug-likeness (QED) is 0.661. The van der Waals surface area contributed by atoms with E-state index in [1.807, 2.05) is 32.9 Å². The topological polar surface area (TPSA) is 92.8 Å². The van der Waals surface area contributed by atoms with E-state index in [1.54, 1.807) is 19.1 Å². The van der Waals surface area contributed by atoms with E-state index < -0.39 is 28.5 Å². The van der Waals surface area contributed by atoms with Crippen LogP contribution in [0.25, 0.3) is 0 Å². The summed E-state index contributed by atoms with van der Waals surface area (Å²) in [6.07, 6.45) is 2.64. The molecular weight excluding hydrogens is 428 g/mol. The van der Waals surface area contributed by atoms with Crippen molar-refractivity contribution in [1.82, 2.24) is 4.31 Å². The zero-order valence-electron chi connectivity index (χ0n) is 19.0. The molecule has 0 aromatic heterocycles. The summed E-state index contributed by atoms with van der Waals surface area (Å²) >= 11 is 0. The molecule has 1 aliphatic rings. The molecule has 32 heavy (non-hydrogen) atoms. The lowest BCUT2D eigenvalue weighted by molar-refractivity contribution is -0.119. The van der Waals surface area contributed by atoms with Crippen molar-refractivity contribution in [2.24, 2.45) is 0 Å². The minimum Gasteiger partial charge on any atom is -0.452 e. The monoisotopic (exact) mass is 458 g/mol. The van der Waals surface area contributed by atoms with Crippen LogP contribution in [-0.4, -0.2) is 43.8 Å². The fraction of sp³-hybridized carbons (Fsp3) is 0.417. The maximum atomic E-state index is 13.1. The molecule has 8 heteroatoms. The van der Waals surface area contributed by atoms with Crippen LogP contribution >= 0.6 is 0 Å². The maximum absolute atomic E-state index is 13.1. The molecule has 0 spiro atoms. The molecular formula is C24H30N2O5S. The zero-order chi connectivity index (χ0) is 23.5. The van der Waals surface area contributed by atoms with Crippen molar-refractivity contribution in [3.8, 4) is 0 Å². The van der Waals surface area contributed by atoms with Crippen molar-refractivity contribution in [3.05, 3.63) is 58.7 Å². The van der Waals surface area contributed by atoms with Crippen LogP contribution in [0.3, 0.4) is 0 Å². The molecule has 0 bridgehead atoms. The van der Waals surface area contributed by atoms with Gasteiger partial charge >= 0.3 is 5.97 Å². The molecule has 1 heterocycles. The molecule has 2 aromatic rings. The predicted molar refractivity (Wildman–Crippen MR) is 123 cm³/mol. The van der Waals surface area contributed by atoms with Crippen LogP contribution < -0.4 is 5.32 Å². The van der Waals surface area contributed by atoms with Crippen LogP contribution in [-0.2, 0) is 19.6 Å². The van der Waals surface area contributed by atoms with E-state index in [9.17, 15) is 18.0 Å². The number of hydrogen-bond donors (Lipinski definition) is 1. The highest BCUT2D eigenvalue weighted by atomic mass is 32.2. The third-order valence-electron chi connectivity index (χ3n) is 5.99. The molecule has 0 radical (unpaired) electrons. The Labute approximate surface area is 189 Å². The maximum Gasteiger partial charge on any atom is 0.338 e. The highest BCUT2D eigenvalue weighted by molar-refractivity contribution is 7.89. The lowest BCUT2D eigenvalue weighted by atomic mass is 10.1. The molecule has 1 unspecified atom stereocenters. The summed E-state index contributed by atoms with van der Waals surface area (Å²) in [5, 5.41) is 2.74. The Hall–Kier alpha value is -2.71. The Morgan fingerprint density at radius 3 is 2.56 bits per heavy atom. The first-order chi connectivity index (χ1) is 15.1. The number of anilines is 1. The van der Waals surface area contributed by atoms with Gasteiger partial charge in [0.1, 0.15) is 0 Å². The fourth-order valence-electron chi connectivity index (χ4n) is 3.83. The number of amides is 1. The van der Waals surface area contributed by atoms with Gasteiger partial charge in [-0.05, 0) is 75.4 Å². The lowest BCUT2D eigenvalue weighted by Gasteiger charge is -2.32. The molecule has 172 valence electrons. The Kier molecular flexibility index (Phi) is 7.36. The van der Waals surface area contributed by atoms with Gasteiger partial charge in [0.05, 0.1) is 10.5 Å². The first-order valence-corrected chi connectivity index (χ1v) is 12.2. The average molecular weight is 459 g/mol. The molecule has 1 atom stereocenters. The predicted octanol–water partition coefficient (Wildman–Crippen LogP) is 3.97. The second-order valence-corrected chi connectivity index (χ2v) is 10.2. The Morgan fingerprint density at radius 1 is 1.09 bits per heavy atom. The molecule has 0 aliphatic carbocycles. The number of piperidine rings is 1. The molecule has 7 nitrogen and oxygen atoms in total. The Morgan fingerprint density at radius 2 is 1.84 bits per heavy atom. The highest BCUT2D eigenvalue weighted by Crippen LogP contribution is 2.26. The van der Waals surface area contributed by atoms with Crippen LogP contribution in [0.1, 0.15) is 53.2 Å². The van der Waals surface area contributed by atoms with Crippen molar-refractivity contribution >= 4 is 27.6 Å². The van der Waals surface area contributed by atoms with E-state index in [-0.39, 0.29) is 16.5 Å². The zero-order valence-corrected chi connectivity index (χ0v) is 19.8. The number of carbonyl (C=O) groups is 2. The number of aryl methyl sites for hydroxylation is 2. The second-order valence-electron chi connectivity index (χ2n) is 8.31. The number of nitrogens with one attached hydrogen (secondary N) is 1. The van der Waals surface area contributed by atoms with Crippen molar-refractivity contribution in [2.45, 2.75) is 57.9 Å². The van der Waals surface area contributed by atoms with Crippen LogP contribution in [0.4, 0.5) is 5.69 Å². The smallest absolute Gasteiger partial charge is 0.338 e. The number of sulfonamides is 1. The van der Waals surface area contributed by atoms with Gasteiger partial charge in [-0.25, -0.2) is 13.2 Å². The van der Waals surface area contributed by atoms with Crippen LogP contribution in [0, 0.1) is 20.8 Å². The number of nitrogens with zero attached hydrogens (tertiary/aromatic N) is 1. The van der Waals surface area contributed by atoms with Gasteiger partial charge < -0.3 is 10.1 Å². The standard InChI is InChI=1S/C24H30N2O5S/c1-16-8-7-10-22(19(16)4)25-23(27)15-31-24(28)21-14-20(12-11-17(21)2)32(29,30)26-13-6-5-9-18(26)3/h7-8,10-12,14,18H,5-6,9,13,15H2,1-4H3,(H,25,27). The molecule has 1 aliphatic heterocycles. The molecule has 1 amide bonds. The molecule has 2 aromatic carbocycles. The van der Waals surface area contributed by atoms with Gasteiger partial charge in [-0.1, -0.05) is 24.6 Å². The highest BCUT2D eigenvalue weighted by Gasteiger charge is 2.31. The third-order valence-corrected chi connectivity index (χ3v) is 8.00. The van der Waals surface area contributed by atoms with Crippen LogP contribution in [0.5, 0.6) is 0 Å². The number of ether oxygens (including phenoxy) is 1. The molecule has 0 saturated carbocycles. The number of rotatable bonds is 6. The van der Waals surface area contributed by atoms with E-state index in [0.717, 1.165) is 30.4 Å². The van der Waals surface area contributed by atoms with Gasteiger partial charge in [0.15, 0.2) is 6.61 Å². The van der Waals surface area contributed by atoms with E-state index >= 15 is 0 Å². The SMILES string of the molecule is Cc1ccc(S(=O)(=O)N2CCCCC2C)cc1C(=O)OCC(=O)Nc1cccc(C)c1C. The Balaban J connectivity index is 1.71. The largest absolute Gasteiger partial charge is 0.452 e. The van der Waals surface area contributed by atoms with E-state index in [1.165, 1.54) is 16.4 Å². The summed E-state index contributed by atoms with van der Waals surface area (Å²) in [7, 11) is -3.72. The fourth-order valence-corrected chi connectivity index (χ4v) is 5.55. The van der Waals surface area contributed by atoms with Gasteiger partial charge in [-0.2, -0.15) is 4.31 Å². The molecule has 3 rings (SSSR count). The summed E-state index contributed by atoms with van der Waals surface area (Å²) in [5.74, 6) is -1.20. The van der Waals surface area contributed by atoms with Crippen molar-refractivity contribution in [1.29, 1.82) is 0 Å². The number of carbonyl (C=O) groups excluding carboxylic acids is 2. The van der Waals surface area contributed by atoms with Gasteiger partial charge in [-0.15, -0.1) is 0 Å². The number of benzene rings is 2. The number of esters is 1. The first kappa shape index (κ1) is 23.9. The van der Waals surface area contributed by atoms with Gasteiger partial charge in [0, 0.05) is 18.3 Å². The van der Waals surface area contributed by atoms with Crippen molar-refractivity contribution in [2.75, 3.05) is 18.5 Å². The number of hydrogen-bond acceptors (Lipinski definition) is 5. The summed E-state index contributed by atoms with van der Waals surface area (Å²) in [6, 6.07) is 9.92. The Bertz CT molecular complexity index is 1130.